The van der Waals surface area contributed by atoms with Crippen molar-refractivity contribution in [1.29, 1.82) is 0 Å². The molecule has 2 amide bonds. The number of nitrogens with zero attached hydrogens (tertiary/aromatic N) is 1. The van der Waals surface area contributed by atoms with Crippen LogP contribution in [0.25, 0.3) is 0 Å². The van der Waals surface area contributed by atoms with Crippen molar-refractivity contribution in [3.63, 3.8) is 0 Å². The lowest BCUT2D eigenvalue weighted by atomic mass is 9.55. The van der Waals surface area contributed by atoms with Gasteiger partial charge < -0.3 is 0 Å². The molecule has 1 heterocycles. The van der Waals surface area contributed by atoms with Gasteiger partial charge in [-0.2, -0.15) is 0 Å². The van der Waals surface area contributed by atoms with Crippen molar-refractivity contribution in [1.82, 2.24) is 0 Å². The Morgan fingerprint density at radius 2 is 1.21 bits per heavy atom. The Morgan fingerprint density at radius 1 is 0.655 bits per heavy atom. The van der Waals surface area contributed by atoms with Gasteiger partial charge in [0.05, 0.1) is 17.5 Å². The molecule has 0 unspecified atom stereocenters. The summed E-state index contributed by atoms with van der Waals surface area (Å²) in [6, 6.07) is 22.6. The molecule has 3 aromatic carbocycles. The van der Waals surface area contributed by atoms with E-state index in [-0.39, 0.29) is 35.5 Å². The fraction of sp³-hybridized carbons (Fsp3) is 0.231. The van der Waals surface area contributed by atoms with Crippen LogP contribution in [0.2, 0.25) is 0 Å². The Bertz CT molecular complexity index is 1210. The zero-order valence-corrected chi connectivity index (χ0v) is 16.4. The summed E-state index contributed by atoms with van der Waals surface area (Å²) in [4.78, 5) is 28.9. The minimum Gasteiger partial charge on any atom is -0.274 e. The molecule has 0 saturated carbocycles. The molecule has 3 nitrogen and oxygen atoms in total. The maximum atomic E-state index is 13.7. The molecule has 3 aromatic rings. The van der Waals surface area contributed by atoms with E-state index >= 15 is 0 Å². The van der Waals surface area contributed by atoms with Gasteiger partial charge in [0, 0.05) is 11.8 Å². The number of benzene rings is 3. The molecule has 3 heteroatoms. The second-order valence-corrected chi connectivity index (χ2v) is 8.57. The molecule has 4 aliphatic rings. The van der Waals surface area contributed by atoms with E-state index in [0.29, 0.717) is 0 Å². The van der Waals surface area contributed by atoms with Gasteiger partial charge in [-0.15, -0.1) is 0 Å². The van der Waals surface area contributed by atoms with Crippen molar-refractivity contribution in [2.75, 3.05) is 4.90 Å². The molecular formula is C26H21NO2. The molecule has 0 radical (unpaired) electrons. The molecule has 3 aliphatic carbocycles. The quantitative estimate of drug-likeness (QED) is 0.575. The van der Waals surface area contributed by atoms with Crippen LogP contribution in [0.1, 0.15) is 45.2 Å². The highest BCUT2D eigenvalue weighted by atomic mass is 16.2. The van der Waals surface area contributed by atoms with Crippen LogP contribution in [0.4, 0.5) is 5.69 Å². The Kier molecular flexibility index (Phi) is 3.27. The first-order valence-corrected chi connectivity index (χ1v) is 10.2. The summed E-state index contributed by atoms with van der Waals surface area (Å²) in [5.74, 6) is -0.853. The summed E-state index contributed by atoms with van der Waals surface area (Å²) in [7, 11) is 0. The first-order chi connectivity index (χ1) is 14.1. The summed E-state index contributed by atoms with van der Waals surface area (Å²) in [5.41, 5.74) is 7.73. The third-order valence-electron chi connectivity index (χ3n) is 7.05. The highest BCUT2D eigenvalue weighted by molar-refractivity contribution is 6.23. The van der Waals surface area contributed by atoms with E-state index in [4.69, 9.17) is 0 Å². The van der Waals surface area contributed by atoms with Gasteiger partial charge in [0.1, 0.15) is 0 Å². The minimum absolute atomic E-state index is 0.0500. The molecule has 1 aliphatic heterocycles. The predicted molar refractivity (Wildman–Crippen MR) is 112 cm³/mol. The lowest BCUT2D eigenvalue weighted by Gasteiger charge is -2.46. The highest BCUT2D eigenvalue weighted by Crippen LogP contribution is 2.61. The number of hydrogen-bond acceptors (Lipinski definition) is 2. The van der Waals surface area contributed by atoms with Crippen molar-refractivity contribution in [3.8, 4) is 0 Å². The van der Waals surface area contributed by atoms with E-state index in [9.17, 15) is 9.59 Å². The molecule has 1 saturated heterocycles. The normalized spacial score (nSPS) is 26.3. The van der Waals surface area contributed by atoms with Gasteiger partial charge in [-0.05, 0) is 47.7 Å². The SMILES string of the molecule is Cc1ccc2c(c1)[C@H]1c3ccccc3[C@H]2[C@@H]2C(=O)N(c3ccccc3C)C(=O)[C@H]12. The number of amides is 2. The average molecular weight is 379 g/mol. The molecule has 1 fully saturated rings. The number of carbonyl (C=O) groups excluding carboxylic acids is 2. The van der Waals surface area contributed by atoms with Crippen LogP contribution in [-0.2, 0) is 9.59 Å². The molecule has 0 aromatic heterocycles. The van der Waals surface area contributed by atoms with Crippen molar-refractivity contribution in [3.05, 3.63) is 100 Å². The minimum atomic E-state index is -0.323. The predicted octanol–water partition coefficient (Wildman–Crippen LogP) is 4.70. The summed E-state index contributed by atoms with van der Waals surface area (Å²) in [6.07, 6.45) is 0. The van der Waals surface area contributed by atoms with Crippen molar-refractivity contribution < 1.29 is 9.59 Å². The number of imide groups is 1. The molecule has 29 heavy (non-hydrogen) atoms. The smallest absolute Gasteiger partial charge is 0.238 e. The highest BCUT2D eigenvalue weighted by Gasteiger charge is 2.61. The van der Waals surface area contributed by atoms with Crippen LogP contribution < -0.4 is 4.90 Å². The zero-order valence-electron chi connectivity index (χ0n) is 16.4. The maximum absolute atomic E-state index is 13.7. The number of para-hydroxylation sites is 1. The number of rotatable bonds is 1. The summed E-state index contributed by atoms with van der Waals surface area (Å²) in [6.45, 7) is 4.05. The molecule has 4 atom stereocenters. The first kappa shape index (κ1) is 16.7. The lowest BCUT2D eigenvalue weighted by molar-refractivity contribution is -0.122. The van der Waals surface area contributed by atoms with Crippen molar-refractivity contribution >= 4 is 17.5 Å². The van der Waals surface area contributed by atoms with Gasteiger partial charge in [-0.3, -0.25) is 9.59 Å². The van der Waals surface area contributed by atoms with E-state index in [1.165, 1.54) is 32.7 Å². The zero-order chi connectivity index (χ0) is 19.9. The second kappa shape index (κ2) is 5.66. The molecule has 142 valence electrons. The maximum Gasteiger partial charge on any atom is 0.238 e. The van der Waals surface area contributed by atoms with E-state index in [1.54, 1.807) is 0 Å². The van der Waals surface area contributed by atoms with Crippen LogP contribution in [-0.4, -0.2) is 11.8 Å². The van der Waals surface area contributed by atoms with Crippen LogP contribution in [0.15, 0.2) is 66.7 Å². The van der Waals surface area contributed by atoms with Gasteiger partial charge in [0.15, 0.2) is 0 Å². The van der Waals surface area contributed by atoms with Crippen LogP contribution in [0.3, 0.4) is 0 Å². The van der Waals surface area contributed by atoms with Crippen LogP contribution in [0, 0.1) is 25.7 Å². The van der Waals surface area contributed by atoms with Crippen LogP contribution in [0.5, 0.6) is 0 Å². The Balaban J connectivity index is 1.60. The van der Waals surface area contributed by atoms with Gasteiger partial charge in [0.25, 0.3) is 0 Å². The van der Waals surface area contributed by atoms with Crippen molar-refractivity contribution in [2.45, 2.75) is 25.7 Å². The van der Waals surface area contributed by atoms with Gasteiger partial charge >= 0.3 is 0 Å². The number of hydrogen-bond donors (Lipinski definition) is 0. The van der Waals surface area contributed by atoms with E-state index in [0.717, 1.165) is 11.3 Å². The summed E-state index contributed by atoms with van der Waals surface area (Å²) < 4.78 is 0. The largest absolute Gasteiger partial charge is 0.274 e. The fourth-order valence-corrected chi connectivity index (χ4v) is 5.90. The van der Waals surface area contributed by atoms with Crippen molar-refractivity contribution in [2.24, 2.45) is 11.8 Å². The van der Waals surface area contributed by atoms with Gasteiger partial charge in [-0.25, -0.2) is 4.90 Å². The van der Waals surface area contributed by atoms with Crippen LogP contribution >= 0.6 is 0 Å². The number of carbonyl (C=O) groups is 2. The topological polar surface area (TPSA) is 37.4 Å². The van der Waals surface area contributed by atoms with Gasteiger partial charge in [-0.1, -0.05) is 66.2 Å². The molecule has 0 N–H and O–H groups in total. The summed E-state index contributed by atoms with van der Waals surface area (Å²) >= 11 is 0. The standard InChI is InChI=1S/C26H21NO2/c1-14-11-12-18-19(13-14)22-17-9-5-4-8-16(17)21(18)23-24(22)26(29)27(25(23)28)20-10-6-3-7-15(20)2/h3-13,21-24H,1-2H3/t21-,22-,23+,24-/m1/s1. The third kappa shape index (κ3) is 2.02. The average Bonchev–Trinajstić information content (AvgIpc) is 2.99. The molecule has 7 rings (SSSR count). The number of aryl methyl sites for hydroxylation is 2. The monoisotopic (exact) mass is 379 g/mol. The molecular weight excluding hydrogens is 358 g/mol. The van der Waals surface area contributed by atoms with E-state index in [1.807, 2.05) is 43.3 Å². The number of anilines is 1. The third-order valence-corrected chi connectivity index (χ3v) is 7.05. The van der Waals surface area contributed by atoms with E-state index < -0.39 is 0 Å². The first-order valence-electron chi connectivity index (χ1n) is 10.2. The molecule has 2 bridgehead atoms. The van der Waals surface area contributed by atoms with E-state index in [2.05, 4.69) is 37.3 Å². The lowest BCUT2D eigenvalue weighted by Crippen LogP contribution is -2.41. The Morgan fingerprint density at radius 3 is 1.86 bits per heavy atom. The fourth-order valence-electron chi connectivity index (χ4n) is 5.90. The second-order valence-electron chi connectivity index (χ2n) is 8.57. The van der Waals surface area contributed by atoms with Gasteiger partial charge in [0.2, 0.25) is 11.8 Å². The summed E-state index contributed by atoms with van der Waals surface area (Å²) in [5, 5.41) is 0. The Hall–Kier alpha value is -3.20. The molecule has 0 spiro atoms. The Labute approximate surface area is 170 Å².